The molecule has 2 aliphatic heterocycles. The molecule has 20 heavy (non-hydrogen) atoms. The van der Waals surface area contributed by atoms with Gasteiger partial charge in [-0.2, -0.15) is 0 Å². The van der Waals surface area contributed by atoms with Crippen LogP contribution in [0.15, 0.2) is 18.2 Å². The number of fused-ring (bicyclic) bond motifs is 1. The van der Waals surface area contributed by atoms with Crippen molar-refractivity contribution in [2.24, 2.45) is 5.73 Å². The molecule has 0 spiro atoms. The minimum Gasteiger partial charge on any atom is -0.397 e. The number of carbonyl (C=O) groups is 1. The molecule has 1 aromatic carbocycles. The van der Waals surface area contributed by atoms with Crippen LogP contribution in [-0.2, 0) is 0 Å². The Morgan fingerprint density at radius 2 is 2.00 bits per heavy atom. The van der Waals surface area contributed by atoms with E-state index in [1.807, 2.05) is 6.07 Å². The first-order chi connectivity index (χ1) is 9.66. The maximum atomic E-state index is 11.7. The van der Waals surface area contributed by atoms with E-state index in [9.17, 15) is 4.79 Å². The summed E-state index contributed by atoms with van der Waals surface area (Å²) in [4.78, 5) is 16.5. The number of carbonyl (C=O) groups excluding carboxylic acids is 1. The Bertz CT molecular complexity index is 517. The van der Waals surface area contributed by atoms with Crippen molar-refractivity contribution in [2.45, 2.75) is 25.3 Å². The number of rotatable bonds is 2. The molecule has 3 rings (SSSR count). The summed E-state index contributed by atoms with van der Waals surface area (Å²) >= 11 is 0. The van der Waals surface area contributed by atoms with E-state index in [4.69, 9.17) is 11.5 Å². The number of benzene rings is 1. The predicted octanol–water partition coefficient (Wildman–Crippen LogP) is 1.04. The van der Waals surface area contributed by atoms with Gasteiger partial charge in [-0.25, -0.2) is 0 Å². The smallest absolute Gasteiger partial charge is 0.250 e. The highest BCUT2D eigenvalue weighted by Crippen LogP contribution is 2.31. The van der Waals surface area contributed by atoms with Crippen LogP contribution < -0.4 is 16.4 Å². The fourth-order valence-electron chi connectivity index (χ4n) is 3.52. The Hall–Kier alpha value is -1.75. The SMILES string of the molecule is NC(=O)c1cccc(N)c1N1CCCN2CCCC2C1. The average molecular weight is 274 g/mol. The van der Waals surface area contributed by atoms with Crippen LogP contribution >= 0.6 is 0 Å². The molecule has 0 saturated carbocycles. The Morgan fingerprint density at radius 1 is 1.20 bits per heavy atom. The van der Waals surface area contributed by atoms with Gasteiger partial charge in [-0.1, -0.05) is 6.07 Å². The van der Waals surface area contributed by atoms with Gasteiger partial charge >= 0.3 is 0 Å². The van der Waals surface area contributed by atoms with Gasteiger partial charge in [0.25, 0.3) is 5.91 Å². The minimum absolute atomic E-state index is 0.403. The van der Waals surface area contributed by atoms with Gasteiger partial charge < -0.3 is 16.4 Å². The Labute approximate surface area is 119 Å². The van der Waals surface area contributed by atoms with Crippen molar-refractivity contribution in [1.82, 2.24) is 4.90 Å². The molecule has 1 amide bonds. The molecule has 0 bridgehead atoms. The van der Waals surface area contributed by atoms with Crippen LogP contribution in [0, 0.1) is 0 Å². The van der Waals surface area contributed by atoms with Crippen molar-refractivity contribution in [2.75, 3.05) is 36.8 Å². The second-order valence-electron chi connectivity index (χ2n) is 5.74. The summed E-state index contributed by atoms with van der Waals surface area (Å²) in [5.74, 6) is -0.403. The number of para-hydroxylation sites is 1. The van der Waals surface area contributed by atoms with E-state index in [-0.39, 0.29) is 0 Å². The first kappa shape index (κ1) is 13.2. The molecule has 1 aromatic rings. The van der Waals surface area contributed by atoms with Crippen LogP contribution in [0.4, 0.5) is 11.4 Å². The molecule has 0 radical (unpaired) electrons. The predicted molar refractivity (Wildman–Crippen MR) is 80.8 cm³/mol. The fourth-order valence-corrected chi connectivity index (χ4v) is 3.52. The van der Waals surface area contributed by atoms with Gasteiger partial charge in [0.2, 0.25) is 0 Å². The first-order valence-corrected chi connectivity index (χ1v) is 7.34. The van der Waals surface area contributed by atoms with Crippen LogP contribution in [-0.4, -0.2) is 43.0 Å². The van der Waals surface area contributed by atoms with Gasteiger partial charge in [0, 0.05) is 25.7 Å². The largest absolute Gasteiger partial charge is 0.397 e. The van der Waals surface area contributed by atoms with Crippen molar-refractivity contribution < 1.29 is 4.79 Å². The zero-order chi connectivity index (χ0) is 14.1. The molecular formula is C15H22N4O. The summed E-state index contributed by atoms with van der Waals surface area (Å²) < 4.78 is 0. The third kappa shape index (κ3) is 2.33. The first-order valence-electron chi connectivity index (χ1n) is 7.34. The fraction of sp³-hybridized carbons (Fsp3) is 0.533. The maximum Gasteiger partial charge on any atom is 0.250 e. The van der Waals surface area contributed by atoms with Crippen molar-refractivity contribution in [1.29, 1.82) is 0 Å². The number of hydrogen-bond acceptors (Lipinski definition) is 4. The van der Waals surface area contributed by atoms with Gasteiger partial charge in [-0.15, -0.1) is 0 Å². The minimum atomic E-state index is -0.403. The number of amides is 1. The molecule has 1 atom stereocenters. The van der Waals surface area contributed by atoms with Crippen molar-refractivity contribution in [3.63, 3.8) is 0 Å². The third-order valence-corrected chi connectivity index (χ3v) is 4.45. The van der Waals surface area contributed by atoms with E-state index in [0.29, 0.717) is 17.3 Å². The molecule has 5 heteroatoms. The molecule has 0 aliphatic carbocycles. The van der Waals surface area contributed by atoms with Crippen LogP contribution in [0.2, 0.25) is 0 Å². The molecule has 5 nitrogen and oxygen atoms in total. The molecule has 2 heterocycles. The molecule has 0 aromatic heterocycles. The summed E-state index contributed by atoms with van der Waals surface area (Å²) in [5, 5.41) is 0. The molecular weight excluding hydrogens is 252 g/mol. The van der Waals surface area contributed by atoms with Gasteiger partial charge in [0.15, 0.2) is 0 Å². The Balaban J connectivity index is 1.93. The maximum absolute atomic E-state index is 11.7. The van der Waals surface area contributed by atoms with E-state index in [1.165, 1.54) is 19.4 Å². The second kappa shape index (κ2) is 5.32. The number of nitrogens with zero attached hydrogens (tertiary/aromatic N) is 2. The summed E-state index contributed by atoms with van der Waals surface area (Å²) in [6.45, 7) is 4.21. The van der Waals surface area contributed by atoms with Gasteiger partial charge in [-0.3, -0.25) is 9.69 Å². The summed E-state index contributed by atoms with van der Waals surface area (Å²) in [6, 6.07) is 5.99. The normalized spacial score (nSPS) is 23.4. The van der Waals surface area contributed by atoms with E-state index in [1.54, 1.807) is 12.1 Å². The third-order valence-electron chi connectivity index (χ3n) is 4.45. The summed E-state index contributed by atoms with van der Waals surface area (Å²) in [6.07, 6.45) is 3.60. The lowest BCUT2D eigenvalue weighted by atomic mass is 10.1. The lowest BCUT2D eigenvalue weighted by Crippen LogP contribution is -2.37. The van der Waals surface area contributed by atoms with Crippen LogP contribution in [0.25, 0.3) is 0 Å². The van der Waals surface area contributed by atoms with E-state index < -0.39 is 5.91 Å². The van der Waals surface area contributed by atoms with E-state index >= 15 is 0 Å². The quantitative estimate of drug-likeness (QED) is 0.790. The second-order valence-corrected chi connectivity index (χ2v) is 5.74. The topological polar surface area (TPSA) is 75.6 Å². The van der Waals surface area contributed by atoms with Crippen LogP contribution in [0.1, 0.15) is 29.6 Å². The lowest BCUT2D eigenvalue weighted by Gasteiger charge is -2.29. The summed E-state index contributed by atoms with van der Waals surface area (Å²) in [7, 11) is 0. The number of nitrogen functional groups attached to an aromatic ring is 1. The molecule has 2 aliphatic rings. The molecule has 4 N–H and O–H groups in total. The highest BCUT2D eigenvalue weighted by molar-refractivity contribution is 6.01. The number of hydrogen-bond donors (Lipinski definition) is 2. The molecule has 2 fully saturated rings. The van der Waals surface area contributed by atoms with E-state index in [2.05, 4.69) is 9.80 Å². The Kier molecular flexibility index (Phi) is 3.53. The van der Waals surface area contributed by atoms with Crippen LogP contribution in [0.5, 0.6) is 0 Å². The highest BCUT2D eigenvalue weighted by atomic mass is 16.1. The highest BCUT2D eigenvalue weighted by Gasteiger charge is 2.30. The van der Waals surface area contributed by atoms with Crippen molar-refractivity contribution in [3.05, 3.63) is 23.8 Å². The van der Waals surface area contributed by atoms with Gasteiger partial charge in [-0.05, 0) is 37.9 Å². The number of primary amides is 1. The molecule has 108 valence electrons. The monoisotopic (exact) mass is 274 g/mol. The molecule has 2 saturated heterocycles. The van der Waals surface area contributed by atoms with Gasteiger partial charge in [0.05, 0.1) is 16.9 Å². The van der Waals surface area contributed by atoms with Gasteiger partial charge in [0.1, 0.15) is 0 Å². The zero-order valence-electron chi connectivity index (χ0n) is 11.7. The average Bonchev–Trinajstić information content (AvgIpc) is 2.76. The lowest BCUT2D eigenvalue weighted by molar-refractivity contribution is 0.100. The zero-order valence-corrected chi connectivity index (χ0v) is 11.7. The van der Waals surface area contributed by atoms with Crippen molar-refractivity contribution in [3.8, 4) is 0 Å². The number of nitrogens with two attached hydrogens (primary N) is 2. The number of anilines is 2. The summed E-state index contributed by atoms with van der Waals surface area (Å²) in [5.41, 5.74) is 13.6. The van der Waals surface area contributed by atoms with E-state index in [0.717, 1.165) is 31.7 Å². The van der Waals surface area contributed by atoms with Crippen molar-refractivity contribution >= 4 is 17.3 Å². The molecule has 1 unspecified atom stereocenters. The van der Waals surface area contributed by atoms with Crippen LogP contribution in [0.3, 0.4) is 0 Å². The Morgan fingerprint density at radius 3 is 2.80 bits per heavy atom. The standard InChI is InChI=1S/C15H22N4O/c16-13-6-1-5-12(15(17)20)14(13)19-9-3-8-18-7-2-4-11(18)10-19/h1,5-6,11H,2-4,7-10,16H2,(H2,17,20).